The van der Waals surface area contributed by atoms with Crippen LogP contribution in [0.25, 0.3) is 0 Å². The second-order valence-corrected chi connectivity index (χ2v) is 1.45. The van der Waals surface area contributed by atoms with Crippen molar-refractivity contribution < 1.29 is 27.4 Å². The summed E-state index contributed by atoms with van der Waals surface area (Å²) < 4.78 is 24.3. The Morgan fingerprint density at radius 1 is 1.71 bits per heavy atom. The van der Waals surface area contributed by atoms with Crippen LogP contribution in [-0.4, -0.2) is 10.7 Å². The largest absolute Gasteiger partial charge is 0.433 e. The van der Waals surface area contributed by atoms with Gasteiger partial charge in [0.25, 0.3) is 0 Å². The molecule has 0 bridgehead atoms. The van der Waals surface area contributed by atoms with Gasteiger partial charge in [0, 0.05) is 0 Å². The van der Waals surface area contributed by atoms with Gasteiger partial charge in [-0.1, -0.05) is 6.92 Å². The lowest BCUT2D eigenvalue weighted by molar-refractivity contribution is -1.63. The highest BCUT2D eigenvalue weighted by molar-refractivity contribution is 4.00. The molecule has 0 radical (unpaired) electrons. The standard InChI is InChI=1S/C2H7N.BrHO3/c1-2-3;2-1(3)4/h2-3H2,1H3;2H. The summed E-state index contributed by atoms with van der Waals surface area (Å²) in [5.74, 6) is 0. The molecular weight excluding hydrogens is 166 g/mol. The quantitative estimate of drug-likeness (QED) is 0.410. The monoisotopic (exact) mass is 173 g/mol. The predicted octanol–water partition coefficient (Wildman–Crippen LogP) is -2.97. The topological polar surface area (TPSA) is 92.4 Å². The van der Waals surface area contributed by atoms with E-state index in [0.717, 1.165) is 6.54 Å². The highest BCUT2D eigenvalue weighted by atomic mass is 80.0. The van der Waals surface area contributed by atoms with Gasteiger partial charge in [-0.3, -0.25) is 0 Å². The van der Waals surface area contributed by atoms with E-state index in [4.69, 9.17) is 18.3 Å². The summed E-state index contributed by atoms with van der Waals surface area (Å²) in [5, 5.41) is 0. The summed E-state index contributed by atoms with van der Waals surface area (Å²) in [7, 11) is 0. The molecule has 0 atom stereocenters. The number of hydrogen-bond donors (Lipinski definition) is 2. The van der Waals surface area contributed by atoms with Gasteiger partial charge in [0.1, 0.15) is 0 Å². The van der Waals surface area contributed by atoms with Gasteiger partial charge in [-0.15, -0.1) is 0 Å². The SMILES string of the molecule is CCN.[O-][Br+2]([O-])O. The Balaban J connectivity index is 0. The molecule has 0 aliphatic carbocycles. The minimum atomic E-state index is -3.40. The molecule has 0 heterocycles. The second kappa shape index (κ2) is 9.58. The smallest absolute Gasteiger partial charge is 0.372 e. The van der Waals surface area contributed by atoms with Crippen LogP contribution in [0.1, 0.15) is 6.92 Å². The van der Waals surface area contributed by atoms with Crippen LogP contribution in [0, 0.1) is 14.8 Å². The Hall–Kier alpha value is 0.320. The van der Waals surface area contributed by atoms with E-state index >= 15 is 0 Å². The summed E-state index contributed by atoms with van der Waals surface area (Å²) >= 11 is -3.40. The van der Waals surface area contributed by atoms with Crippen LogP contribution in [0.3, 0.4) is 0 Å². The molecule has 7 heavy (non-hydrogen) atoms. The Morgan fingerprint density at radius 3 is 1.71 bits per heavy atom. The number of rotatable bonds is 0. The van der Waals surface area contributed by atoms with E-state index in [2.05, 4.69) is 0 Å². The van der Waals surface area contributed by atoms with Crippen molar-refractivity contribution in [2.75, 3.05) is 6.54 Å². The predicted molar refractivity (Wildman–Crippen MR) is 16.9 cm³/mol. The lowest BCUT2D eigenvalue weighted by Gasteiger charge is -1.69. The molecule has 0 spiro atoms. The molecule has 0 saturated carbocycles. The van der Waals surface area contributed by atoms with Crippen LogP contribution in [0.15, 0.2) is 0 Å². The molecule has 5 heteroatoms. The molecule has 0 aliphatic heterocycles. The fraction of sp³-hybridized carbons (Fsp3) is 1.00. The van der Waals surface area contributed by atoms with Crippen LogP contribution in [0.4, 0.5) is 0 Å². The highest BCUT2D eigenvalue weighted by Gasteiger charge is 1.86. The number of halogens is 1. The van der Waals surface area contributed by atoms with Crippen molar-refractivity contribution in [3.05, 3.63) is 0 Å². The van der Waals surface area contributed by atoms with Gasteiger partial charge < -0.3 is 14.1 Å². The van der Waals surface area contributed by atoms with Crippen molar-refractivity contribution in [2.24, 2.45) is 5.73 Å². The zero-order chi connectivity index (χ0) is 6.28. The Bertz CT molecular complexity index is 24.1. The van der Waals surface area contributed by atoms with Crippen molar-refractivity contribution in [3.63, 3.8) is 0 Å². The van der Waals surface area contributed by atoms with E-state index in [-0.39, 0.29) is 0 Å². The summed E-state index contributed by atoms with van der Waals surface area (Å²) in [4.78, 5) is 0. The Labute approximate surface area is 47.4 Å². The average Bonchev–Trinajstić information content (AvgIpc) is 1.33. The Kier molecular flexibility index (Phi) is 14.1. The fourth-order valence-corrected chi connectivity index (χ4v) is 0. The van der Waals surface area contributed by atoms with Gasteiger partial charge in [-0.2, -0.15) is 0 Å². The molecule has 46 valence electrons. The van der Waals surface area contributed by atoms with Gasteiger partial charge in [-0.25, -0.2) is 0 Å². The fourth-order valence-electron chi connectivity index (χ4n) is 0. The molecule has 3 N–H and O–H groups in total. The van der Waals surface area contributed by atoms with E-state index < -0.39 is 14.8 Å². The van der Waals surface area contributed by atoms with E-state index in [0.29, 0.717) is 0 Å². The summed E-state index contributed by atoms with van der Waals surface area (Å²) in [6, 6.07) is 0. The molecular formula is C2H8BrNO3. The van der Waals surface area contributed by atoms with Gasteiger partial charge in [-0.05, 0) is 10.7 Å². The lowest BCUT2D eigenvalue weighted by Crippen LogP contribution is -2.30. The molecule has 0 fully saturated rings. The van der Waals surface area contributed by atoms with Gasteiger partial charge in [0.05, 0.1) is 0 Å². The van der Waals surface area contributed by atoms with Crippen LogP contribution in [0.2, 0.25) is 0 Å². The maximum atomic E-state index is 8.63. The van der Waals surface area contributed by atoms with Crippen molar-refractivity contribution in [3.8, 4) is 0 Å². The van der Waals surface area contributed by atoms with Crippen LogP contribution >= 0.6 is 0 Å². The first-order valence-electron chi connectivity index (χ1n) is 1.59. The van der Waals surface area contributed by atoms with E-state index in [9.17, 15) is 0 Å². The molecule has 0 aromatic carbocycles. The van der Waals surface area contributed by atoms with Crippen LogP contribution in [-0.2, 0) is 0 Å². The first-order chi connectivity index (χ1) is 3.15. The third-order valence-corrected chi connectivity index (χ3v) is 0. The third-order valence-electron chi connectivity index (χ3n) is 0. The average molecular weight is 174 g/mol. The molecule has 0 saturated heterocycles. The van der Waals surface area contributed by atoms with Crippen molar-refractivity contribution in [2.45, 2.75) is 6.92 Å². The molecule has 0 aromatic rings. The highest BCUT2D eigenvalue weighted by Crippen LogP contribution is 1.38. The van der Waals surface area contributed by atoms with Gasteiger partial charge >= 0.3 is 14.8 Å². The van der Waals surface area contributed by atoms with E-state index in [1.54, 1.807) is 0 Å². The normalized spacial score (nSPS) is 7.71. The third kappa shape index (κ3) is 1150. The number of hydrogen-bond acceptors (Lipinski definition) is 4. The molecule has 0 rings (SSSR count). The maximum absolute atomic E-state index is 8.63. The van der Waals surface area contributed by atoms with E-state index in [1.165, 1.54) is 0 Å². The molecule has 0 aromatic heterocycles. The summed E-state index contributed by atoms with van der Waals surface area (Å²) in [6.07, 6.45) is 0. The first-order valence-corrected chi connectivity index (χ1v) is 3.60. The second-order valence-electron chi connectivity index (χ2n) is 0.609. The van der Waals surface area contributed by atoms with E-state index in [1.807, 2.05) is 6.92 Å². The van der Waals surface area contributed by atoms with Crippen molar-refractivity contribution in [1.29, 1.82) is 0 Å². The zero-order valence-corrected chi connectivity index (χ0v) is 5.51. The van der Waals surface area contributed by atoms with Gasteiger partial charge in [0.2, 0.25) is 0 Å². The number of nitrogens with two attached hydrogens (primary N) is 1. The zero-order valence-electron chi connectivity index (χ0n) is 3.93. The van der Waals surface area contributed by atoms with Crippen LogP contribution < -0.4 is 14.1 Å². The maximum Gasteiger partial charge on any atom is 0.433 e. The molecule has 0 aliphatic rings. The molecule has 0 unspecified atom stereocenters. The molecule has 4 nitrogen and oxygen atoms in total. The first kappa shape index (κ1) is 10.3. The minimum Gasteiger partial charge on any atom is -0.372 e. The summed E-state index contributed by atoms with van der Waals surface area (Å²) in [6.45, 7) is 2.65. The summed E-state index contributed by atoms with van der Waals surface area (Å²) in [5.41, 5.74) is 4.85. The lowest BCUT2D eigenvalue weighted by atomic mass is 10.8. The minimum absolute atomic E-state index is 0.750. The van der Waals surface area contributed by atoms with Crippen molar-refractivity contribution in [1.82, 2.24) is 0 Å². The van der Waals surface area contributed by atoms with Crippen molar-refractivity contribution >= 4 is 0 Å². The Morgan fingerprint density at radius 2 is 1.71 bits per heavy atom. The van der Waals surface area contributed by atoms with Crippen LogP contribution in [0.5, 0.6) is 0 Å². The molecule has 0 amide bonds. The van der Waals surface area contributed by atoms with Gasteiger partial charge in [0.15, 0.2) is 0 Å².